The average Bonchev–Trinajstić information content (AvgIpc) is 2.90. The van der Waals surface area contributed by atoms with Crippen molar-refractivity contribution in [3.63, 3.8) is 0 Å². The molecule has 1 atom stereocenters. The van der Waals surface area contributed by atoms with Crippen LogP contribution in [0.15, 0.2) is 41.8 Å². The molecule has 3 nitrogen and oxygen atoms in total. The fourth-order valence-corrected chi connectivity index (χ4v) is 2.44. The van der Waals surface area contributed by atoms with E-state index in [9.17, 15) is 9.90 Å². The van der Waals surface area contributed by atoms with Crippen LogP contribution < -0.4 is 5.32 Å². The highest BCUT2D eigenvalue weighted by atomic mass is 35.5. The molecular formula is C13H12ClNO2S. The molecule has 0 aliphatic rings. The summed E-state index contributed by atoms with van der Waals surface area (Å²) < 4.78 is 0. The van der Waals surface area contributed by atoms with E-state index in [0.29, 0.717) is 10.6 Å². The van der Waals surface area contributed by atoms with Gasteiger partial charge in [0.05, 0.1) is 10.6 Å². The predicted molar refractivity (Wildman–Crippen MR) is 73.1 cm³/mol. The van der Waals surface area contributed by atoms with E-state index < -0.39 is 6.10 Å². The molecule has 1 unspecified atom stereocenters. The molecule has 18 heavy (non-hydrogen) atoms. The van der Waals surface area contributed by atoms with Crippen LogP contribution in [0.1, 0.15) is 21.3 Å². The zero-order chi connectivity index (χ0) is 13.0. The first-order valence-electron chi connectivity index (χ1n) is 5.42. The van der Waals surface area contributed by atoms with Crippen LogP contribution >= 0.6 is 22.9 Å². The summed E-state index contributed by atoms with van der Waals surface area (Å²) in [6, 6.07) is 10.5. The number of aliphatic hydroxyl groups excluding tert-OH is 1. The Labute approximate surface area is 114 Å². The van der Waals surface area contributed by atoms with Crippen molar-refractivity contribution in [1.82, 2.24) is 5.32 Å². The van der Waals surface area contributed by atoms with Gasteiger partial charge < -0.3 is 10.4 Å². The Balaban J connectivity index is 1.95. The SMILES string of the molecule is O=C(NCC(O)c1cccs1)c1ccccc1Cl. The van der Waals surface area contributed by atoms with Crippen LogP contribution in [0.3, 0.4) is 0 Å². The van der Waals surface area contributed by atoms with Crippen molar-refractivity contribution in [3.8, 4) is 0 Å². The van der Waals surface area contributed by atoms with Crippen molar-refractivity contribution >= 4 is 28.8 Å². The number of benzene rings is 1. The van der Waals surface area contributed by atoms with E-state index in [1.165, 1.54) is 11.3 Å². The Morgan fingerprint density at radius 1 is 1.33 bits per heavy atom. The van der Waals surface area contributed by atoms with Gasteiger partial charge in [0.15, 0.2) is 0 Å². The number of hydrogen-bond donors (Lipinski definition) is 2. The number of amides is 1. The van der Waals surface area contributed by atoms with Gasteiger partial charge in [-0.15, -0.1) is 11.3 Å². The molecule has 2 N–H and O–H groups in total. The molecule has 0 bridgehead atoms. The minimum Gasteiger partial charge on any atom is -0.386 e. The van der Waals surface area contributed by atoms with Crippen LogP contribution in [0.25, 0.3) is 0 Å². The molecule has 2 rings (SSSR count). The Kier molecular flexibility index (Phi) is 4.36. The molecule has 2 aromatic rings. The third kappa shape index (κ3) is 3.10. The Morgan fingerprint density at radius 2 is 2.11 bits per heavy atom. The maximum atomic E-state index is 11.8. The molecule has 1 amide bonds. The lowest BCUT2D eigenvalue weighted by Gasteiger charge is -2.10. The standard InChI is InChI=1S/C13H12ClNO2S/c14-10-5-2-1-4-9(10)13(17)15-8-11(16)12-6-3-7-18-12/h1-7,11,16H,8H2,(H,15,17). The number of thiophene rings is 1. The monoisotopic (exact) mass is 281 g/mol. The molecule has 0 radical (unpaired) electrons. The minimum absolute atomic E-state index is 0.171. The van der Waals surface area contributed by atoms with Gasteiger partial charge in [0.25, 0.3) is 5.91 Å². The zero-order valence-electron chi connectivity index (χ0n) is 9.47. The number of halogens is 1. The van der Waals surface area contributed by atoms with Crippen molar-refractivity contribution in [3.05, 3.63) is 57.2 Å². The number of carbonyl (C=O) groups excluding carboxylic acids is 1. The predicted octanol–water partition coefficient (Wildman–Crippen LogP) is 2.86. The Hall–Kier alpha value is -1.36. The van der Waals surface area contributed by atoms with Crippen molar-refractivity contribution in [1.29, 1.82) is 0 Å². The molecule has 0 fully saturated rings. The summed E-state index contributed by atoms with van der Waals surface area (Å²) in [6.07, 6.45) is -0.684. The molecule has 0 aliphatic heterocycles. The second kappa shape index (κ2) is 6.00. The van der Waals surface area contributed by atoms with E-state index in [-0.39, 0.29) is 12.5 Å². The van der Waals surface area contributed by atoms with Gasteiger partial charge in [0, 0.05) is 11.4 Å². The fraction of sp³-hybridized carbons (Fsp3) is 0.154. The van der Waals surface area contributed by atoms with Gasteiger partial charge in [-0.1, -0.05) is 29.8 Å². The van der Waals surface area contributed by atoms with E-state index in [2.05, 4.69) is 5.32 Å². The Morgan fingerprint density at radius 3 is 2.78 bits per heavy atom. The summed E-state index contributed by atoms with van der Waals surface area (Å²) in [7, 11) is 0. The van der Waals surface area contributed by atoms with Crippen LogP contribution in [-0.4, -0.2) is 17.6 Å². The number of carbonyl (C=O) groups is 1. The number of aliphatic hydroxyl groups is 1. The van der Waals surface area contributed by atoms with Gasteiger partial charge in [0.2, 0.25) is 0 Å². The largest absolute Gasteiger partial charge is 0.386 e. The summed E-state index contributed by atoms with van der Waals surface area (Å²) in [5, 5.41) is 14.8. The van der Waals surface area contributed by atoms with Gasteiger partial charge in [-0.05, 0) is 23.6 Å². The molecule has 94 valence electrons. The van der Waals surface area contributed by atoms with Crippen LogP contribution in [0.2, 0.25) is 5.02 Å². The molecule has 0 aliphatic carbocycles. The summed E-state index contributed by atoms with van der Waals surface area (Å²) in [5.41, 5.74) is 0.414. The fourth-order valence-electron chi connectivity index (χ4n) is 1.51. The number of hydrogen-bond acceptors (Lipinski definition) is 3. The highest BCUT2D eigenvalue weighted by Gasteiger charge is 2.13. The quantitative estimate of drug-likeness (QED) is 0.905. The van der Waals surface area contributed by atoms with Crippen molar-refractivity contribution < 1.29 is 9.90 Å². The number of rotatable bonds is 4. The van der Waals surface area contributed by atoms with Crippen molar-refractivity contribution in [2.45, 2.75) is 6.10 Å². The lowest BCUT2D eigenvalue weighted by atomic mass is 10.2. The number of nitrogens with one attached hydrogen (secondary N) is 1. The molecule has 1 heterocycles. The molecule has 5 heteroatoms. The normalized spacial score (nSPS) is 12.1. The van der Waals surface area contributed by atoms with Gasteiger partial charge in [-0.25, -0.2) is 0 Å². The first-order chi connectivity index (χ1) is 8.68. The molecule has 1 aromatic heterocycles. The lowest BCUT2D eigenvalue weighted by Crippen LogP contribution is -2.28. The summed E-state index contributed by atoms with van der Waals surface area (Å²) in [5.74, 6) is -0.281. The maximum absolute atomic E-state index is 11.8. The molecule has 1 aromatic carbocycles. The summed E-state index contributed by atoms with van der Waals surface area (Å²) in [6.45, 7) is 0.171. The van der Waals surface area contributed by atoms with Gasteiger partial charge in [-0.2, -0.15) is 0 Å². The van der Waals surface area contributed by atoms with Gasteiger partial charge in [0.1, 0.15) is 6.10 Å². The van der Waals surface area contributed by atoms with Crippen LogP contribution in [0.5, 0.6) is 0 Å². The smallest absolute Gasteiger partial charge is 0.252 e. The van der Waals surface area contributed by atoms with E-state index in [0.717, 1.165) is 4.88 Å². The first-order valence-corrected chi connectivity index (χ1v) is 6.68. The molecule has 0 spiro atoms. The topological polar surface area (TPSA) is 49.3 Å². The van der Waals surface area contributed by atoms with E-state index in [4.69, 9.17) is 11.6 Å². The minimum atomic E-state index is -0.684. The van der Waals surface area contributed by atoms with Crippen molar-refractivity contribution in [2.75, 3.05) is 6.54 Å². The Bertz CT molecular complexity index is 528. The van der Waals surface area contributed by atoms with Crippen LogP contribution in [0, 0.1) is 0 Å². The summed E-state index contributed by atoms with van der Waals surface area (Å²) >= 11 is 7.37. The van der Waals surface area contributed by atoms with E-state index in [1.54, 1.807) is 24.3 Å². The molecule has 0 saturated carbocycles. The van der Waals surface area contributed by atoms with Crippen molar-refractivity contribution in [2.24, 2.45) is 0 Å². The zero-order valence-corrected chi connectivity index (χ0v) is 11.0. The maximum Gasteiger partial charge on any atom is 0.252 e. The first kappa shape index (κ1) is 13.1. The average molecular weight is 282 g/mol. The second-order valence-electron chi connectivity index (χ2n) is 3.72. The highest BCUT2D eigenvalue weighted by Crippen LogP contribution is 2.18. The van der Waals surface area contributed by atoms with Crippen LogP contribution in [0.4, 0.5) is 0 Å². The molecule has 0 saturated heterocycles. The van der Waals surface area contributed by atoms with Gasteiger partial charge in [-0.3, -0.25) is 4.79 Å². The molecular weight excluding hydrogens is 270 g/mol. The third-order valence-electron chi connectivity index (χ3n) is 2.45. The second-order valence-corrected chi connectivity index (χ2v) is 5.11. The van der Waals surface area contributed by atoms with Gasteiger partial charge >= 0.3 is 0 Å². The van der Waals surface area contributed by atoms with E-state index in [1.807, 2.05) is 17.5 Å². The third-order valence-corrected chi connectivity index (χ3v) is 3.75. The lowest BCUT2D eigenvalue weighted by molar-refractivity contribution is 0.0918. The highest BCUT2D eigenvalue weighted by molar-refractivity contribution is 7.10. The van der Waals surface area contributed by atoms with Crippen LogP contribution in [-0.2, 0) is 0 Å². The van der Waals surface area contributed by atoms with E-state index >= 15 is 0 Å². The summed E-state index contributed by atoms with van der Waals surface area (Å²) in [4.78, 5) is 12.7.